The summed E-state index contributed by atoms with van der Waals surface area (Å²) in [6.45, 7) is 8.51. The maximum atomic E-state index is 13.2. The number of alkyl halides is 3. The van der Waals surface area contributed by atoms with Crippen molar-refractivity contribution in [1.29, 1.82) is 0 Å². The van der Waals surface area contributed by atoms with Crippen LogP contribution in [0.15, 0.2) is 85.7 Å². The number of carboxylic acid groups (broad SMARTS) is 1. The third kappa shape index (κ3) is 13.0. The van der Waals surface area contributed by atoms with Gasteiger partial charge in [0.2, 0.25) is 11.8 Å². The minimum absolute atomic E-state index is 0.000850. The molecule has 16 nitrogen and oxygen atoms in total. The Kier molecular flexibility index (Phi) is 15.2. The molecule has 4 aromatic rings. The van der Waals surface area contributed by atoms with Gasteiger partial charge in [-0.3, -0.25) is 19.2 Å². The highest BCUT2D eigenvalue weighted by molar-refractivity contribution is 6.05. The van der Waals surface area contributed by atoms with Crippen LogP contribution in [0.3, 0.4) is 0 Å². The highest BCUT2D eigenvalue weighted by Gasteiger charge is 2.38. The molecule has 0 fully saturated rings. The predicted octanol–water partition coefficient (Wildman–Crippen LogP) is 5.13. The molecule has 0 aliphatic rings. The molecule has 304 valence electrons. The van der Waals surface area contributed by atoms with E-state index in [1.807, 2.05) is 18.3 Å². The number of aliphatic carboxylic acids is 1. The van der Waals surface area contributed by atoms with Crippen LogP contribution in [0.25, 0.3) is 11.1 Å². The third-order valence-corrected chi connectivity index (χ3v) is 7.93. The average molecular weight is 797 g/mol. The van der Waals surface area contributed by atoms with Crippen LogP contribution in [0.2, 0.25) is 0 Å². The lowest BCUT2D eigenvalue weighted by Crippen LogP contribution is -2.53. The van der Waals surface area contributed by atoms with Crippen molar-refractivity contribution in [1.82, 2.24) is 19.8 Å². The van der Waals surface area contributed by atoms with E-state index < -0.39 is 42.1 Å². The Labute approximate surface area is 325 Å². The number of benzene rings is 2. The number of alkyl carbamates (subject to hydrolysis) is 1. The number of carbonyl (C=O) groups excluding carboxylic acids is 5. The van der Waals surface area contributed by atoms with E-state index in [1.165, 1.54) is 13.0 Å². The molecule has 0 saturated carbocycles. The van der Waals surface area contributed by atoms with Crippen molar-refractivity contribution in [2.24, 2.45) is 20.0 Å². The number of halogens is 3. The number of aromatic nitrogens is 2. The van der Waals surface area contributed by atoms with Crippen molar-refractivity contribution in [3.63, 3.8) is 0 Å². The van der Waals surface area contributed by atoms with E-state index in [2.05, 4.69) is 33.2 Å². The molecule has 2 atom stereocenters. The molecule has 0 unspecified atom stereocenters. The zero-order chi connectivity index (χ0) is 42.6. The van der Waals surface area contributed by atoms with Gasteiger partial charge in [-0.15, -0.1) is 0 Å². The molecule has 2 aromatic carbocycles. The molecule has 0 radical (unpaired) electrons. The van der Waals surface area contributed by atoms with Crippen molar-refractivity contribution in [3.05, 3.63) is 97.1 Å². The van der Waals surface area contributed by atoms with Crippen molar-refractivity contribution in [2.45, 2.75) is 39.0 Å². The Hall–Kier alpha value is -7.05. The molecular weight excluding hydrogens is 753 g/mol. The number of ether oxygens (including phenoxy) is 1. The molecule has 57 heavy (non-hydrogen) atoms. The molecule has 0 aliphatic heterocycles. The van der Waals surface area contributed by atoms with Crippen molar-refractivity contribution in [3.8, 4) is 11.1 Å². The third-order valence-electron chi connectivity index (χ3n) is 7.93. The van der Waals surface area contributed by atoms with Gasteiger partial charge in [-0.1, -0.05) is 38.6 Å². The van der Waals surface area contributed by atoms with Crippen LogP contribution in [0, 0.1) is 5.92 Å². The summed E-state index contributed by atoms with van der Waals surface area (Å²) in [5, 5.41) is 20.7. The summed E-state index contributed by atoms with van der Waals surface area (Å²) >= 11 is 0. The van der Waals surface area contributed by atoms with Gasteiger partial charge in [-0.05, 0) is 66.9 Å². The zero-order valence-electron chi connectivity index (χ0n) is 31.6. The summed E-state index contributed by atoms with van der Waals surface area (Å²) in [7, 11) is 3.52. The van der Waals surface area contributed by atoms with Gasteiger partial charge in [0.1, 0.15) is 30.1 Å². The van der Waals surface area contributed by atoms with Crippen LogP contribution in [-0.4, -0.2) is 74.8 Å². The van der Waals surface area contributed by atoms with E-state index in [-0.39, 0.29) is 24.3 Å². The number of anilines is 4. The highest BCUT2D eigenvalue weighted by Crippen LogP contribution is 2.25. The van der Waals surface area contributed by atoms with Gasteiger partial charge in [-0.25, -0.2) is 9.59 Å². The maximum Gasteiger partial charge on any atom is 0.490 e. The Morgan fingerprint density at radius 3 is 1.70 bits per heavy atom. The summed E-state index contributed by atoms with van der Waals surface area (Å²) in [5.74, 6) is -4.64. The summed E-state index contributed by atoms with van der Waals surface area (Å²) in [5.41, 5.74) is 10.4. The highest BCUT2D eigenvalue weighted by atomic mass is 19.4. The molecule has 2 aromatic heterocycles. The van der Waals surface area contributed by atoms with Gasteiger partial charge in [-0.2, -0.15) is 13.2 Å². The predicted molar refractivity (Wildman–Crippen MR) is 206 cm³/mol. The van der Waals surface area contributed by atoms with E-state index in [9.17, 15) is 37.1 Å². The fourth-order valence-electron chi connectivity index (χ4n) is 4.99. The Morgan fingerprint density at radius 1 is 0.772 bits per heavy atom. The summed E-state index contributed by atoms with van der Waals surface area (Å²) < 4.78 is 40.0. The lowest BCUT2D eigenvalue weighted by Gasteiger charge is -2.23. The number of carbonyl (C=O) groups is 6. The first-order valence-electron chi connectivity index (χ1n) is 17.1. The van der Waals surface area contributed by atoms with Gasteiger partial charge in [0.25, 0.3) is 11.8 Å². The molecule has 4 rings (SSSR count). The largest absolute Gasteiger partial charge is 0.490 e. The van der Waals surface area contributed by atoms with Crippen LogP contribution in [-0.2, 0) is 33.2 Å². The number of rotatable bonds is 13. The fourth-order valence-corrected chi connectivity index (χ4v) is 4.99. The van der Waals surface area contributed by atoms with Gasteiger partial charge in [0.05, 0.1) is 5.69 Å². The Bertz CT molecular complexity index is 2090. The van der Waals surface area contributed by atoms with Gasteiger partial charge >= 0.3 is 18.2 Å². The lowest BCUT2D eigenvalue weighted by molar-refractivity contribution is -0.192. The lowest BCUT2D eigenvalue weighted by atomic mass is 10.0. The zero-order valence-corrected chi connectivity index (χ0v) is 31.6. The summed E-state index contributed by atoms with van der Waals surface area (Å²) in [4.78, 5) is 72.2. The van der Waals surface area contributed by atoms with Crippen LogP contribution < -0.4 is 32.3 Å². The second kappa shape index (κ2) is 19.5. The Morgan fingerprint density at radius 2 is 1.25 bits per heavy atom. The SMILES string of the molecule is C=CCOC(=O)N[C@H](C(=O)N[C@@H](C)C(=O)Nc1ccc(NC(=O)c2cc(-c3ccc(NC(=O)c4cc(N)cn4C)cc3)cn2C)cc1)C(C)C.O=C(O)C(F)(F)F. The first-order valence-corrected chi connectivity index (χ1v) is 17.1. The number of hydrogen-bond acceptors (Lipinski definition) is 8. The number of amides is 5. The quantitative estimate of drug-likeness (QED) is 0.0889. The van der Waals surface area contributed by atoms with Gasteiger partial charge < -0.3 is 51.3 Å². The Balaban J connectivity index is 0.00000113. The van der Waals surface area contributed by atoms with E-state index in [4.69, 9.17) is 20.4 Å². The molecule has 0 spiro atoms. The fraction of sp³-hybridized carbons (Fsp3) is 0.263. The van der Waals surface area contributed by atoms with Crippen molar-refractivity contribution < 1.29 is 51.8 Å². The summed E-state index contributed by atoms with van der Waals surface area (Å²) in [6.07, 6.45) is -0.934. The number of nitrogens with zero attached hydrogens (tertiary/aromatic N) is 2. The van der Waals surface area contributed by atoms with Crippen LogP contribution in [0.5, 0.6) is 0 Å². The monoisotopic (exact) mass is 796 g/mol. The smallest absolute Gasteiger partial charge is 0.475 e. The van der Waals surface area contributed by atoms with Crippen molar-refractivity contribution in [2.75, 3.05) is 28.3 Å². The number of nitrogens with two attached hydrogens (primary N) is 1. The number of carboxylic acids is 1. The van der Waals surface area contributed by atoms with Crippen LogP contribution in [0.1, 0.15) is 41.7 Å². The number of nitrogens with one attached hydrogen (secondary N) is 5. The molecule has 19 heteroatoms. The molecule has 5 amide bonds. The molecular formula is C38H43F3N8O8. The number of hydrogen-bond donors (Lipinski definition) is 7. The minimum atomic E-state index is -5.08. The van der Waals surface area contributed by atoms with Gasteiger partial charge in [0, 0.05) is 49.1 Å². The molecule has 8 N–H and O–H groups in total. The van der Waals surface area contributed by atoms with E-state index in [1.54, 1.807) is 91.8 Å². The standard InChI is InChI=1S/C36H42N8O6.C2HF3O2/c1-7-16-50-36(49)42-31(21(2)3)35(48)38-22(4)32(45)39-27-12-14-28(15-13-27)41-33(46)29-17-24(19-43(29)5)23-8-10-26(11-9-23)40-34(47)30-18-25(37)20-44(30)6;3-2(4,5)1(6)7/h7-15,17-22,31H,1,16,37H2,2-6H3,(H,38,48)(H,39,45)(H,40,47)(H,41,46)(H,42,49);(H,6,7)/t22-,31-;/m0./s1. The first kappa shape index (κ1) is 44.3. The molecule has 0 saturated heterocycles. The maximum absolute atomic E-state index is 13.2. The number of nitrogen functional groups attached to an aromatic ring is 1. The topological polar surface area (TPSA) is 228 Å². The molecule has 0 bridgehead atoms. The average Bonchev–Trinajstić information content (AvgIpc) is 3.70. The summed E-state index contributed by atoms with van der Waals surface area (Å²) in [6, 6.07) is 15.4. The van der Waals surface area contributed by atoms with E-state index in [0.717, 1.165) is 11.1 Å². The minimum Gasteiger partial charge on any atom is -0.475 e. The van der Waals surface area contributed by atoms with Crippen LogP contribution in [0.4, 0.5) is 40.7 Å². The second-order valence-electron chi connectivity index (χ2n) is 12.8. The first-order chi connectivity index (χ1) is 26.7. The second-order valence-corrected chi connectivity index (χ2v) is 12.8. The van der Waals surface area contributed by atoms with E-state index in [0.29, 0.717) is 34.1 Å². The number of aryl methyl sites for hydroxylation is 2. The van der Waals surface area contributed by atoms with Crippen molar-refractivity contribution >= 4 is 58.4 Å². The van der Waals surface area contributed by atoms with E-state index >= 15 is 0 Å². The van der Waals surface area contributed by atoms with Gasteiger partial charge in [0.15, 0.2) is 0 Å². The van der Waals surface area contributed by atoms with Crippen LogP contribution >= 0.6 is 0 Å². The molecule has 0 aliphatic carbocycles. The molecule has 2 heterocycles. The normalized spacial score (nSPS) is 11.9.